The zero-order valence-corrected chi connectivity index (χ0v) is 11.4. The Bertz CT molecular complexity index is 736. The van der Waals surface area contributed by atoms with Crippen LogP contribution in [0.3, 0.4) is 0 Å². The molecular formula is C16H12N2OS. The molecule has 3 nitrogen and oxygen atoms in total. The second-order valence-corrected chi connectivity index (χ2v) is 5.11. The van der Waals surface area contributed by atoms with Gasteiger partial charge >= 0.3 is 0 Å². The number of carbonyl (C=O) groups is 1. The molecule has 0 aliphatic rings. The number of nitrogens with zero attached hydrogens (tertiary/aromatic N) is 1. The number of benzene rings is 2. The number of hydrogen-bond donors (Lipinski definition) is 1. The SMILES string of the molecule is Nc1c(C(=O)c2ccccc2)nsc1-c1ccccc1. The second-order valence-electron chi connectivity index (χ2n) is 4.34. The van der Waals surface area contributed by atoms with Gasteiger partial charge in [0.15, 0.2) is 0 Å². The molecule has 2 aromatic carbocycles. The van der Waals surface area contributed by atoms with E-state index in [4.69, 9.17) is 5.73 Å². The van der Waals surface area contributed by atoms with Crippen molar-refractivity contribution in [1.82, 2.24) is 4.37 Å². The molecule has 2 N–H and O–H groups in total. The molecule has 3 aromatic rings. The van der Waals surface area contributed by atoms with E-state index in [-0.39, 0.29) is 5.78 Å². The fourth-order valence-electron chi connectivity index (χ4n) is 1.98. The summed E-state index contributed by atoms with van der Waals surface area (Å²) in [4.78, 5) is 13.2. The molecule has 0 atom stereocenters. The van der Waals surface area contributed by atoms with Crippen molar-refractivity contribution in [3.8, 4) is 10.4 Å². The van der Waals surface area contributed by atoms with Gasteiger partial charge in [0.05, 0.1) is 10.6 Å². The third-order valence-corrected chi connectivity index (χ3v) is 3.93. The van der Waals surface area contributed by atoms with Crippen molar-refractivity contribution in [1.29, 1.82) is 0 Å². The van der Waals surface area contributed by atoms with E-state index in [9.17, 15) is 4.79 Å². The van der Waals surface area contributed by atoms with Crippen molar-refractivity contribution in [2.75, 3.05) is 5.73 Å². The van der Waals surface area contributed by atoms with E-state index in [0.29, 0.717) is 16.9 Å². The van der Waals surface area contributed by atoms with Gasteiger partial charge < -0.3 is 5.73 Å². The van der Waals surface area contributed by atoms with Crippen molar-refractivity contribution in [3.63, 3.8) is 0 Å². The van der Waals surface area contributed by atoms with Crippen molar-refractivity contribution in [3.05, 3.63) is 71.9 Å². The number of anilines is 1. The zero-order valence-electron chi connectivity index (χ0n) is 10.6. The van der Waals surface area contributed by atoms with Crippen molar-refractivity contribution in [2.24, 2.45) is 0 Å². The Morgan fingerprint density at radius 3 is 2.20 bits per heavy atom. The Kier molecular flexibility index (Phi) is 3.31. The van der Waals surface area contributed by atoms with Crippen LogP contribution >= 0.6 is 11.5 Å². The number of ketones is 1. The molecular weight excluding hydrogens is 268 g/mol. The number of carbonyl (C=O) groups excluding carboxylic acids is 1. The topological polar surface area (TPSA) is 56.0 Å². The summed E-state index contributed by atoms with van der Waals surface area (Å²) in [5, 5.41) is 0. The monoisotopic (exact) mass is 280 g/mol. The van der Waals surface area contributed by atoms with Crippen molar-refractivity contribution < 1.29 is 4.79 Å². The van der Waals surface area contributed by atoms with Crippen LogP contribution in [0.25, 0.3) is 10.4 Å². The summed E-state index contributed by atoms with van der Waals surface area (Å²) in [6, 6.07) is 18.8. The molecule has 0 saturated carbocycles. The fourth-order valence-corrected chi connectivity index (χ4v) is 2.79. The minimum absolute atomic E-state index is 0.137. The lowest BCUT2D eigenvalue weighted by molar-refractivity contribution is 0.103. The van der Waals surface area contributed by atoms with Crippen LogP contribution in [0.1, 0.15) is 16.1 Å². The summed E-state index contributed by atoms with van der Waals surface area (Å²) < 4.78 is 4.24. The number of rotatable bonds is 3. The highest BCUT2D eigenvalue weighted by Crippen LogP contribution is 2.33. The maximum atomic E-state index is 12.4. The van der Waals surface area contributed by atoms with Crippen LogP contribution in [0.2, 0.25) is 0 Å². The molecule has 0 aliphatic carbocycles. The maximum absolute atomic E-state index is 12.4. The van der Waals surface area contributed by atoms with E-state index in [1.807, 2.05) is 48.5 Å². The molecule has 0 fully saturated rings. The van der Waals surface area contributed by atoms with E-state index in [0.717, 1.165) is 10.4 Å². The average molecular weight is 280 g/mol. The summed E-state index contributed by atoms with van der Waals surface area (Å²) in [6.07, 6.45) is 0. The Hall–Kier alpha value is -2.46. The van der Waals surface area contributed by atoms with Gasteiger partial charge in [-0.25, -0.2) is 0 Å². The van der Waals surface area contributed by atoms with Crippen molar-refractivity contribution in [2.45, 2.75) is 0 Å². The molecule has 0 spiro atoms. The maximum Gasteiger partial charge on any atom is 0.214 e. The second kappa shape index (κ2) is 5.27. The lowest BCUT2D eigenvalue weighted by atomic mass is 10.1. The molecule has 3 rings (SSSR count). The molecule has 98 valence electrons. The van der Waals surface area contributed by atoms with Crippen molar-refractivity contribution >= 4 is 23.0 Å². The highest BCUT2D eigenvalue weighted by Gasteiger charge is 2.19. The minimum atomic E-state index is -0.137. The van der Waals surface area contributed by atoms with Gasteiger partial charge in [0.2, 0.25) is 5.78 Å². The highest BCUT2D eigenvalue weighted by molar-refractivity contribution is 7.10. The predicted molar refractivity (Wildman–Crippen MR) is 81.8 cm³/mol. The highest BCUT2D eigenvalue weighted by atomic mass is 32.1. The molecule has 1 heterocycles. The van der Waals surface area contributed by atoms with Gasteiger partial charge in [-0.2, -0.15) is 4.37 Å². The van der Waals surface area contributed by atoms with Gasteiger partial charge in [-0.3, -0.25) is 4.79 Å². The standard InChI is InChI=1S/C16H12N2OS/c17-13-14(15(19)11-7-3-1-4-8-11)18-20-16(13)12-9-5-2-6-10-12/h1-10H,17H2. The quantitative estimate of drug-likeness (QED) is 0.745. The zero-order chi connectivity index (χ0) is 13.9. The number of nitrogen functional groups attached to an aromatic ring is 1. The smallest absolute Gasteiger partial charge is 0.214 e. The van der Waals surface area contributed by atoms with Gasteiger partial charge in [-0.15, -0.1) is 0 Å². The molecule has 4 heteroatoms. The molecule has 0 saturated heterocycles. The lowest BCUT2D eigenvalue weighted by Crippen LogP contribution is -2.04. The van der Waals surface area contributed by atoms with E-state index in [1.54, 1.807) is 12.1 Å². The summed E-state index contributed by atoms with van der Waals surface area (Å²) >= 11 is 1.26. The van der Waals surface area contributed by atoms with Crippen LogP contribution in [0.15, 0.2) is 60.7 Å². The first-order valence-electron chi connectivity index (χ1n) is 6.17. The van der Waals surface area contributed by atoms with Crippen LogP contribution in [-0.2, 0) is 0 Å². The Morgan fingerprint density at radius 1 is 0.950 bits per heavy atom. The molecule has 1 aromatic heterocycles. The first-order valence-corrected chi connectivity index (χ1v) is 6.95. The normalized spacial score (nSPS) is 10.4. The first kappa shape index (κ1) is 12.6. The Labute approximate surface area is 120 Å². The summed E-state index contributed by atoms with van der Waals surface area (Å²) in [5.74, 6) is -0.137. The third kappa shape index (κ3) is 2.21. The summed E-state index contributed by atoms with van der Waals surface area (Å²) in [6.45, 7) is 0. The Morgan fingerprint density at radius 2 is 1.55 bits per heavy atom. The lowest BCUT2D eigenvalue weighted by Gasteiger charge is -2.00. The summed E-state index contributed by atoms with van der Waals surface area (Å²) in [7, 11) is 0. The predicted octanol–water partition coefficient (Wildman–Crippen LogP) is 3.62. The van der Waals surface area contributed by atoms with Crippen LogP contribution in [0, 0.1) is 0 Å². The van der Waals surface area contributed by atoms with E-state index in [2.05, 4.69) is 4.37 Å². The fraction of sp³-hybridized carbons (Fsp3) is 0. The van der Waals surface area contributed by atoms with Gasteiger partial charge in [0.1, 0.15) is 5.69 Å². The van der Waals surface area contributed by atoms with Crippen LogP contribution < -0.4 is 5.73 Å². The minimum Gasteiger partial charge on any atom is -0.396 e. The van der Waals surface area contributed by atoms with E-state index >= 15 is 0 Å². The van der Waals surface area contributed by atoms with E-state index in [1.165, 1.54) is 11.5 Å². The van der Waals surface area contributed by atoms with Gasteiger partial charge in [0.25, 0.3) is 0 Å². The number of hydrogen-bond acceptors (Lipinski definition) is 4. The van der Waals surface area contributed by atoms with E-state index < -0.39 is 0 Å². The van der Waals surface area contributed by atoms with Crippen LogP contribution in [0.4, 0.5) is 5.69 Å². The number of nitrogens with two attached hydrogens (primary N) is 1. The average Bonchev–Trinajstić information content (AvgIpc) is 2.90. The third-order valence-electron chi connectivity index (χ3n) is 3.01. The molecule has 20 heavy (non-hydrogen) atoms. The molecule has 0 amide bonds. The van der Waals surface area contributed by atoms with Crippen LogP contribution in [0.5, 0.6) is 0 Å². The summed E-state index contributed by atoms with van der Waals surface area (Å²) in [5.41, 5.74) is 8.47. The largest absolute Gasteiger partial charge is 0.396 e. The Balaban J connectivity index is 2.01. The number of aromatic nitrogens is 1. The van der Waals surface area contributed by atoms with Gasteiger partial charge in [-0.05, 0) is 17.1 Å². The molecule has 0 aliphatic heterocycles. The molecule has 0 unspecified atom stereocenters. The van der Waals surface area contributed by atoms with Gasteiger partial charge in [-0.1, -0.05) is 60.7 Å². The van der Waals surface area contributed by atoms with Crippen LogP contribution in [-0.4, -0.2) is 10.2 Å². The molecule has 0 bridgehead atoms. The molecule has 0 radical (unpaired) electrons. The first-order chi connectivity index (χ1) is 9.77. The van der Waals surface area contributed by atoms with Gasteiger partial charge in [0, 0.05) is 5.56 Å².